The lowest BCUT2D eigenvalue weighted by Gasteiger charge is -2.39. The Labute approximate surface area is 190 Å². The summed E-state index contributed by atoms with van der Waals surface area (Å²) in [4.78, 5) is 26.0. The Balaban J connectivity index is 2.17. The van der Waals surface area contributed by atoms with Gasteiger partial charge in [-0.25, -0.2) is 4.79 Å². The Hall–Kier alpha value is -2.15. The number of aliphatic carboxylic acids is 1. The number of aliphatic hydroxyl groups is 3. The fraction of sp³-hybridized carbons (Fsp3) is 0.600. The maximum Gasteiger partial charge on any atom is 0.335 e. The summed E-state index contributed by atoms with van der Waals surface area (Å²) in [7, 11) is 1.37. The monoisotopic (exact) mass is 475 g/mol. The first-order valence-electron chi connectivity index (χ1n) is 10.2. The molecule has 2 rings (SSSR count). The molecule has 0 saturated carbocycles. The van der Waals surface area contributed by atoms with Gasteiger partial charge >= 0.3 is 5.97 Å². The molecule has 1 aromatic rings. The van der Waals surface area contributed by atoms with Crippen LogP contribution < -0.4 is 15.4 Å². The number of ether oxygens (including phenoxy) is 2. The quantitative estimate of drug-likeness (QED) is 0.265. The first kappa shape index (κ1) is 26.1. The zero-order valence-corrected chi connectivity index (χ0v) is 18.9. The van der Waals surface area contributed by atoms with Gasteiger partial charge in [-0.2, -0.15) is 0 Å². The number of aliphatic hydroxyl groups excluding tert-OH is 3. The molecule has 12 heteroatoms. The maximum absolute atomic E-state index is 12.6. The molecule has 0 unspecified atom stereocenters. The maximum atomic E-state index is 12.6. The van der Waals surface area contributed by atoms with Gasteiger partial charge in [0, 0.05) is 19.2 Å². The number of halogens is 1. The van der Waals surface area contributed by atoms with Crippen LogP contribution in [0.15, 0.2) is 12.1 Å². The molecular formula is C20H30ClN3O8. The zero-order chi connectivity index (χ0) is 24.0. The molecule has 1 fully saturated rings. The first-order chi connectivity index (χ1) is 15.1. The molecular weight excluding hydrogens is 446 g/mol. The number of benzene rings is 1. The number of hydrogen-bond acceptors (Lipinski definition) is 9. The molecule has 1 saturated heterocycles. The largest absolute Gasteiger partial charge is 0.496 e. The summed E-state index contributed by atoms with van der Waals surface area (Å²) in [5, 5.41) is 44.7. The molecule has 1 aliphatic rings. The third kappa shape index (κ3) is 6.00. The molecule has 0 bridgehead atoms. The second kappa shape index (κ2) is 11.6. The van der Waals surface area contributed by atoms with E-state index < -0.39 is 36.6 Å². The van der Waals surface area contributed by atoms with E-state index in [1.165, 1.54) is 19.2 Å². The number of likely N-dealkylation sites (N-methyl/N-ethyl adjacent to an activating group) is 1. The second-order valence-electron chi connectivity index (χ2n) is 7.25. The van der Waals surface area contributed by atoms with Crippen LogP contribution in [0.3, 0.4) is 0 Å². The third-order valence-corrected chi connectivity index (χ3v) is 5.61. The number of anilines is 1. The van der Waals surface area contributed by atoms with Crippen LogP contribution in [0.25, 0.3) is 0 Å². The van der Waals surface area contributed by atoms with E-state index in [-0.39, 0.29) is 27.9 Å². The number of nitrogens with zero attached hydrogens (tertiary/aromatic N) is 1. The van der Waals surface area contributed by atoms with E-state index in [9.17, 15) is 24.9 Å². The van der Waals surface area contributed by atoms with Gasteiger partial charge in [0.05, 0.1) is 23.4 Å². The second-order valence-corrected chi connectivity index (χ2v) is 7.65. The lowest BCUT2D eigenvalue weighted by molar-refractivity contribution is -0.221. The van der Waals surface area contributed by atoms with E-state index in [1.807, 2.05) is 13.8 Å². The standard InChI is InChI=1S/C20H30ClN3O8/c1-4-24(5-2)7-6-22-18(28)10-8-11(21)12(9-13(10)31-3)23-19-16(27)14(25)15(26)17(32-19)20(29)30/h8-9,14-17,19,23,25-27H,4-7H2,1-3H3,(H,22,28)(H,29,30)/t14-,15-,16+,17-,19+/m0/s1. The summed E-state index contributed by atoms with van der Waals surface area (Å²) in [6, 6.07) is 2.76. The van der Waals surface area contributed by atoms with Crippen molar-refractivity contribution in [2.45, 2.75) is 44.5 Å². The number of amides is 1. The van der Waals surface area contributed by atoms with Gasteiger partial charge in [-0.1, -0.05) is 25.4 Å². The average Bonchev–Trinajstić information content (AvgIpc) is 2.77. The van der Waals surface area contributed by atoms with Crippen molar-refractivity contribution >= 4 is 29.2 Å². The Kier molecular flexibility index (Phi) is 9.49. The van der Waals surface area contributed by atoms with Crippen molar-refractivity contribution in [3.8, 4) is 5.75 Å². The van der Waals surface area contributed by atoms with Gasteiger partial charge in [-0.05, 0) is 19.2 Å². The van der Waals surface area contributed by atoms with Gasteiger partial charge in [0.1, 0.15) is 24.1 Å². The molecule has 1 aliphatic heterocycles. The van der Waals surface area contributed by atoms with Gasteiger partial charge in [0.15, 0.2) is 12.3 Å². The Bertz CT molecular complexity index is 807. The van der Waals surface area contributed by atoms with Crippen molar-refractivity contribution in [3.63, 3.8) is 0 Å². The molecule has 0 aromatic heterocycles. The highest BCUT2D eigenvalue weighted by Crippen LogP contribution is 2.33. The van der Waals surface area contributed by atoms with Crippen molar-refractivity contribution in [3.05, 3.63) is 22.7 Å². The molecule has 1 amide bonds. The summed E-state index contributed by atoms with van der Waals surface area (Å²) in [5.41, 5.74) is 0.353. The highest BCUT2D eigenvalue weighted by Gasteiger charge is 2.47. The van der Waals surface area contributed by atoms with Crippen LogP contribution in [0, 0.1) is 0 Å². The number of carboxylic acid groups (broad SMARTS) is 1. The van der Waals surface area contributed by atoms with E-state index in [2.05, 4.69) is 15.5 Å². The van der Waals surface area contributed by atoms with Gasteiger partial charge in [0.2, 0.25) is 0 Å². The van der Waals surface area contributed by atoms with E-state index >= 15 is 0 Å². The van der Waals surface area contributed by atoms with E-state index in [0.717, 1.165) is 13.1 Å². The van der Waals surface area contributed by atoms with Crippen LogP contribution in [-0.2, 0) is 9.53 Å². The normalized spacial score (nSPS) is 25.4. The molecule has 0 aliphatic carbocycles. The fourth-order valence-corrected chi connectivity index (χ4v) is 3.55. The van der Waals surface area contributed by atoms with Crippen molar-refractivity contribution in [1.82, 2.24) is 10.2 Å². The highest BCUT2D eigenvalue weighted by atomic mass is 35.5. The number of hydrogen-bond donors (Lipinski definition) is 6. The lowest BCUT2D eigenvalue weighted by Crippen LogP contribution is -2.61. The predicted molar refractivity (Wildman–Crippen MR) is 116 cm³/mol. The molecule has 0 radical (unpaired) electrons. The van der Waals surface area contributed by atoms with E-state index in [0.29, 0.717) is 13.1 Å². The van der Waals surface area contributed by atoms with Crippen LogP contribution in [0.2, 0.25) is 5.02 Å². The number of methoxy groups -OCH3 is 1. The van der Waals surface area contributed by atoms with Gasteiger partial charge < -0.3 is 45.4 Å². The molecule has 5 atom stereocenters. The number of nitrogens with one attached hydrogen (secondary N) is 2. The number of carbonyl (C=O) groups is 2. The highest BCUT2D eigenvalue weighted by molar-refractivity contribution is 6.33. The van der Waals surface area contributed by atoms with Gasteiger partial charge in [-0.3, -0.25) is 4.79 Å². The first-order valence-corrected chi connectivity index (χ1v) is 10.6. The Morgan fingerprint density at radius 3 is 2.38 bits per heavy atom. The molecule has 32 heavy (non-hydrogen) atoms. The van der Waals surface area contributed by atoms with Crippen molar-refractivity contribution in [2.24, 2.45) is 0 Å². The molecule has 1 heterocycles. The van der Waals surface area contributed by atoms with Crippen molar-refractivity contribution in [2.75, 3.05) is 38.6 Å². The van der Waals surface area contributed by atoms with Crippen LogP contribution in [0.1, 0.15) is 24.2 Å². The summed E-state index contributed by atoms with van der Waals surface area (Å²) in [5.74, 6) is -1.71. The molecule has 0 spiro atoms. The summed E-state index contributed by atoms with van der Waals surface area (Å²) in [6.07, 6.45) is -8.38. The van der Waals surface area contributed by atoms with Crippen molar-refractivity contribution < 1.29 is 39.5 Å². The molecule has 1 aromatic carbocycles. The Morgan fingerprint density at radius 1 is 1.16 bits per heavy atom. The van der Waals surface area contributed by atoms with Crippen LogP contribution in [0.4, 0.5) is 5.69 Å². The fourth-order valence-electron chi connectivity index (χ4n) is 3.33. The van der Waals surface area contributed by atoms with Crippen LogP contribution >= 0.6 is 11.6 Å². The number of carbonyl (C=O) groups excluding carboxylic acids is 1. The summed E-state index contributed by atoms with van der Waals surface area (Å²) >= 11 is 6.29. The van der Waals surface area contributed by atoms with Gasteiger partial charge in [-0.15, -0.1) is 0 Å². The van der Waals surface area contributed by atoms with Crippen molar-refractivity contribution in [1.29, 1.82) is 0 Å². The van der Waals surface area contributed by atoms with E-state index in [1.54, 1.807) is 0 Å². The number of carboxylic acids is 1. The zero-order valence-electron chi connectivity index (χ0n) is 18.1. The minimum absolute atomic E-state index is 0.0722. The Morgan fingerprint density at radius 2 is 1.81 bits per heavy atom. The van der Waals surface area contributed by atoms with Gasteiger partial charge in [0.25, 0.3) is 5.91 Å². The minimum atomic E-state index is -1.81. The SMILES string of the molecule is CCN(CC)CCNC(=O)c1cc(Cl)c(N[C@@H]2O[C@H](C(=O)O)[C@@H](O)[C@H](O)[C@H]2O)cc1OC. The minimum Gasteiger partial charge on any atom is -0.496 e. The summed E-state index contributed by atoms with van der Waals surface area (Å²) < 4.78 is 10.5. The van der Waals surface area contributed by atoms with Crippen LogP contribution in [0.5, 0.6) is 5.75 Å². The lowest BCUT2D eigenvalue weighted by atomic mass is 9.98. The van der Waals surface area contributed by atoms with Crippen LogP contribution in [-0.4, -0.2) is 101 Å². The third-order valence-electron chi connectivity index (χ3n) is 5.30. The van der Waals surface area contributed by atoms with E-state index in [4.69, 9.17) is 26.2 Å². The topological polar surface area (TPSA) is 161 Å². The predicted octanol–water partition coefficient (Wildman–Crippen LogP) is -0.276. The average molecular weight is 476 g/mol. The summed E-state index contributed by atoms with van der Waals surface area (Å²) in [6.45, 7) is 6.91. The molecule has 6 N–H and O–H groups in total. The smallest absolute Gasteiger partial charge is 0.335 e. The molecule has 11 nitrogen and oxygen atoms in total. The number of rotatable bonds is 10. The molecule has 180 valence electrons.